The number of aromatic nitrogens is 1. The first-order chi connectivity index (χ1) is 8.46. The average molecular weight is 250 g/mol. The number of rotatable bonds is 6. The van der Waals surface area contributed by atoms with Gasteiger partial charge in [0.1, 0.15) is 5.82 Å². The van der Waals surface area contributed by atoms with Crippen LogP contribution in [0.15, 0.2) is 18.3 Å². The molecule has 0 aromatic carbocycles. The second-order valence-electron chi connectivity index (χ2n) is 5.10. The Morgan fingerprint density at radius 1 is 1.33 bits per heavy atom. The van der Waals surface area contributed by atoms with Gasteiger partial charge in [-0.1, -0.05) is 13.8 Å². The van der Waals surface area contributed by atoms with Gasteiger partial charge in [-0.3, -0.25) is 0 Å². The Kier molecular flexibility index (Phi) is 5.11. The lowest BCUT2D eigenvalue weighted by atomic mass is 9.81. The van der Waals surface area contributed by atoms with Crippen molar-refractivity contribution in [3.63, 3.8) is 0 Å². The van der Waals surface area contributed by atoms with Crippen LogP contribution in [-0.2, 0) is 6.42 Å². The summed E-state index contributed by atoms with van der Waals surface area (Å²) in [5.74, 6) is 0.558. The van der Waals surface area contributed by atoms with Crippen LogP contribution < -0.4 is 11.5 Å². The minimum Gasteiger partial charge on any atom is -0.384 e. The molecule has 0 radical (unpaired) electrons. The molecule has 0 aliphatic rings. The van der Waals surface area contributed by atoms with Gasteiger partial charge in [-0.2, -0.15) is 0 Å². The molecule has 1 aromatic heterocycles. The summed E-state index contributed by atoms with van der Waals surface area (Å²) in [4.78, 5) is 6.26. The van der Waals surface area contributed by atoms with Gasteiger partial charge in [0.25, 0.3) is 0 Å². The van der Waals surface area contributed by atoms with E-state index in [1.807, 2.05) is 12.1 Å². The molecule has 102 valence electrons. The maximum absolute atomic E-state index is 6.45. The van der Waals surface area contributed by atoms with Crippen molar-refractivity contribution in [3.05, 3.63) is 23.9 Å². The molecule has 18 heavy (non-hydrogen) atoms. The summed E-state index contributed by atoms with van der Waals surface area (Å²) >= 11 is 0. The van der Waals surface area contributed by atoms with Gasteiger partial charge in [0, 0.05) is 17.8 Å². The minimum absolute atomic E-state index is 0.0397. The fourth-order valence-electron chi connectivity index (χ4n) is 2.80. The van der Waals surface area contributed by atoms with Crippen LogP contribution in [0.2, 0.25) is 0 Å². The highest BCUT2D eigenvalue weighted by molar-refractivity contribution is 5.32. The summed E-state index contributed by atoms with van der Waals surface area (Å²) in [5, 5.41) is 0. The monoisotopic (exact) mass is 250 g/mol. The van der Waals surface area contributed by atoms with Gasteiger partial charge in [0.05, 0.1) is 0 Å². The van der Waals surface area contributed by atoms with Crippen LogP contribution in [0.25, 0.3) is 0 Å². The predicted molar refractivity (Wildman–Crippen MR) is 77.3 cm³/mol. The molecule has 1 rings (SSSR count). The van der Waals surface area contributed by atoms with Crippen molar-refractivity contribution >= 4 is 5.82 Å². The minimum atomic E-state index is 0.0397. The van der Waals surface area contributed by atoms with Crippen molar-refractivity contribution in [2.75, 3.05) is 19.8 Å². The van der Waals surface area contributed by atoms with E-state index in [4.69, 9.17) is 11.5 Å². The topological polar surface area (TPSA) is 68.2 Å². The first-order valence-corrected chi connectivity index (χ1v) is 6.59. The second-order valence-corrected chi connectivity index (χ2v) is 5.10. The zero-order valence-electron chi connectivity index (χ0n) is 12.0. The second kappa shape index (κ2) is 6.16. The lowest BCUT2D eigenvalue weighted by Gasteiger charge is -2.43. The van der Waals surface area contributed by atoms with Crippen molar-refractivity contribution in [3.8, 4) is 0 Å². The van der Waals surface area contributed by atoms with E-state index in [9.17, 15) is 0 Å². The first-order valence-electron chi connectivity index (χ1n) is 6.59. The van der Waals surface area contributed by atoms with Crippen LogP contribution in [0, 0.1) is 0 Å². The van der Waals surface area contributed by atoms with Gasteiger partial charge in [0.2, 0.25) is 0 Å². The Hall–Kier alpha value is -1.13. The van der Waals surface area contributed by atoms with Crippen molar-refractivity contribution < 1.29 is 0 Å². The molecule has 1 heterocycles. The van der Waals surface area contributed by atoms with Crippen LogP contribution in [0.3, 0.4) is 0 Å². The summed E-state index contributed by atoms with van der Waals surface area (Å²) in [5.41, 5.74) is 13.4. The summed E-state index contributed by atoms with van der Waals surface area (Å²) in [7, 11) is 4.21. The molecule has 0 amide bonds. The molecular weight excluding hydrogens is 224 g/mol. The van der Waals surface area contributed by atoms with Crippen LogP contribution in [0.5, 0.6) is 0 Å². The molecular formula is C14H26N4. The zero-order valence-corrected chi connectivity index (χ0v) is 12.0. The Morgan fingerprint density at radius 2 is 1.94 bits per heavy atom. The number of nitrogen functional groups attached to an aromatic ring is 1. The Morgan fingerprint density at radius 3 is 2.39 bits per heavy atom. The predicted octanol–water partition coefficient (Wildman–Crippen LogP) is 1.65. The van der Waals surface area contributed by atoms with Gasteiger partial charge in [0.15, 0.2) is 0 Å². The van der Waals surface area contributed by atoms with Crippen molar-refractivity contribution in [1.29, 1.82) is 0 Å². The Balaban J connectivity index is 2.88. The van der Waals surface area contributed by atoms with E-state index in [2.05, 4.69) is 37.8 Å². The standard InChI is InChI=1S/C14H26N4/c1-5-14(6-2,18(3)4)12(15)9-11-7-8-17-13(16)10-11/h7-8,10,12H,5-6,9,15H2,1-4H3,(H2,16,17). The van der Waals surface area contributed by atoms with E-state index in [0.717, 1.165) is 24.8 Å². The van der Waals surface area contributed by atoms with E-state index < -0.39 is 0 Å². The molecule has 4 N–H and O–H groups in total. The number of nitrogens with two attached hydrogens (primary N) is 2. The lowest BCUT2D eigenvalue weighted by Crippen LogP contribution is -2.57. The van der Waals surface area contributed by atoms with Crippen LogP contribution >= 0.6 is 0 Å². The van der Waals surface area contributed by atoms with Crippen molar-refractivity contribution in [2.24, 2.45) is 5.73 Å². The SMILES string of the molecule is CCC(CC)(C(N)Cc1ccnc(N)c1)N(C)C. The van der Waals surface area contributed by atoms with Gasteiger partial charge >= 0.3 is 0 Å². The third kappa shape index (κ3) is 3.00. The highest BCUT2D eigenvalue weighted by Gasteiger charge is 2.35. The van der Waals surface area contributed by atoms with Gasteiger partial charge in [-0.05, 0) is 51.1 Å². The maximum atomic E-state index is 6.45. The third-order valence-corrected chi connectivity index (χ3v) is 4.11. The molecule has 0 aliphatic heterocycles. The first kappa shape index (κ1) is 14.9. The Labute approximate surface area is 110 Å². The van der Waals surface area contributed by atoms with Gasteiger partial charge < -0.3 is 16.4 Å². The number of pyridine rings is 1. The van der Waals surface area contributed by atoms with Gasteiger partial charge in [-0.25, -0.2) is 4.98 Å². The normalized spacial score (nSPS) is 13.9. The average Bonchev–Trinajstić information content (AvgIpc) is 2.30. The largest absolute Gasteiger partial charge is 0.384 e. The van der Waals surface area contributed by atoms with Crippen LogP contribution in [0.1, 0.15) is 32.3 Å². The fraction of sp³-hybridized carbons (Fsp3) is 0.643. The molecule has 1 aromatic rings. The molecule has 1 atom stereocenters. The number of anilines is 1. The molecule has 1 unspecified atom stereocenters. The highest BCUT2D eigenvalue weighted by Crippen LogP contribution is 2.26. The molecule has 4 nitrogen and oxygen atoms in total. The van der Waals surface area contributed by atoms with Gasteiger partial charge in [-0.15, -0.1) is 0 Å². The van der Waals surface area contributed by atoms with E-state index in [1.54, 1.807) is 6.20 Å². The number of hydrogen-bond donors (Lipinski definition) is 2. The van der Waals surface area contributed by atoms with E-state index in [0.29, 0.717) is 5.82 Å². The molecule has 0 saturated heterocycles. The number of hydrogen-bond acceptors (Lipinski definition) is 4. The summed E-state index contributed by atoms with van der Waals surface area (Å²) in [6, 6.07) is 3.98. The highest BCUT2D eigenvalue weighted by atomic mass is 15.2. The molecule has 0 saturated carbocycles. The van der Waals surface area contributed by atoms with E-state index in [1.165, 1.54) is 0 Å². The number of likely N-dealkylation sites (N-methyl/N-ethyl adjacent to an activating group) is 1. The van der Waals surface area contributed by atoms with Crippen molar-refractivity contribution in [2.45, 2.75) is 44.7 Å². The number of nitrogens with zero attached hydrogens (tertiary/aromatic N) is 2. The molecule has 0 fully saturated rings. The molecule has 0 bridgehead atoms. The van der Waals surface area contributed by atoms with Crippen LogP contribution in [0.4, 0.5) is 5.82 Å². The van der Waals surface area contributed by atoms with Crippen LogP contribution in [-0.4, -0.2) is 35.6 Å². The Bertz CT molecular complexity index is 372. The zero-order chi connectivity index (χ0) is 13.8. The summed E-state index contributed by atoms with van der Waals surface area (Å²) in [6.45, 7) is 4.40. The van der Waals surface area contributed by atoms with E-state index in [-0.39, 0.29) is 11.6 Å². The third-order valence-electron chi connectivity index (χ3n) is 4.11. The molecule has 0 spiro atoms. The lowest BCUT2D eigenvalue weighted by molar-refractivity contribution is 0.105. The molecule has 0 aliphatic carbocycles. The smallest absolute Gasteiger partial charge is 0.123 e. The van der Waals surface area contributed by atoms with Crippen molar-refractivity contribution in [1.82, 2.24) is 9.88 Å². The van der Waals surface area contributed by atoms with E-state index >= 15 is 0 Å². The summed E-state index contributed by atoms with van der Waals surface area (Å²) in [6.07, 6.45) is 4.65. The quantitative estimate of drug-likeness (QED) is 0.805. The maximum Gasteiger partial charge on any atom is 0.123 e. The summed E-state index contributed by atoms with van der Waals surface area (Å²) < 4.78 is 0. The fourth-order valence-corrected chi connectivity index (χ4v) is 2.80. The molecule has 4 heteroatoms.